The van der Waals surface area contributed by atoms with Gasteiger partial charge in [0.05, 0.1) is 0 Å². The summed E-state index contributed by atoms with van der Waals surface area (Å²) in [4.78, 5) is 13.2. The monoisotopic (exact) mass is 344 g/mol. The van der Waals surface area contributed by atoms with Gasteiger partial charge in [0.15, 0.2) is 11.8 Å². The number of guanidine groups is 1. The third kappa shape index (κ3) is 6.91. The second-order valence-electron chi connectivity index (χ2n) is 6.20. The molecule has 7 heteroatoms. The average molecular weight is 344 g/mol. The Morgan fingerprint density at radius 1 is 1.28 bits per heavy atom. The Balaban J connectivity index is 1.79. The van der Waals surface area contributed by atoms with Gasteiger partial charge >= 0.3 is 0 Å². The molecule has 2 aromatic rings. The van der Waals surface area contributed by atoms with E-state index in [9.17, 15) is 0 Å². The third-order valence-electron chi connectivity index (χ3n) is 3.55. The summed E-state index contributed by atoms with van der Waals surface area (Å²) in [5.74, 6) is 2.66. The van der Waals surface area contributed by atoms with Crippen LogP contribution in [0.25, 0.3) is 11.6 Å². The van der Waals surface area contributed by atoms with Gasteiger partial charge in [0.1, 0.15) is 5.69 Å². The highest BCUT2D eigenvalue weighted by Gasteiger charge is 2.09. The van der Waals surface area contributed by atoms with Crippen molar-refractivity contribution in [3.8, 4) is 11.6 Å². The lowest BCUT2D eigenvalue weighted by molar-refractivity contribution is 0.421. The number of aliphatic imine (C=N–C) groups is 1. The Bertz CT molecular complexity index is 638. The largest absolute Gasteiger partial charge is 0.357 e. The fourth-order valence-electron chi connectivity index (χ4n) is 2.27. The lowest BCUT2D eigenvalue weighted by Gasteiger charge is -2.10. The molecule has 0 aliphatic carbocycles. The van der Waals surface area contributed by atoms with Crippen LogP contribution in [0.1, 0.15) is 39.4 Å². The van der Waals surface area contributed by atoms with Crippen LogP contribution in [-0.4, -0.2) is 40.7 Å². The molecular weight excluding hydrogens is 316 g/mol. The van der Waals surface area contributed by atoms with Crippen molar-refractivity contribution < 1.29 is 4.52 Å². The zero-order valence-corrected chi connectivity index (χ0v) is 15.3. The summed E-state index contributed by atoms with van der Waals surface area (Å²) < 4.78 is 5.26. The molecule has 0 bridgehead atoms. The molecule has 25 heavy (non-hydrogen) atoms. The lowest BCUT2D eigenvalue weighted by atomic mass is 10.1. The van der Waals surface area contributed by atoms with Crippen molar-refractivity contribution in [3.05, 3.63) is 30.2 Å². The number of rotatable bonds is 9. The van der Waals surface area contributed by atoms with Crippen molar-refractivity contribution in [2.45, 2.75) is 40.0 Å². The van der Waals surface area contributed by atoms with Crippen LogP contribution in [0, 0.1) is 5.92 Å². The molecule has 2 heterocycles. The summed E-state index contributed by atoms with van der Waals surface area (Å²) in [7, 11) is 0. The second-order valence-corrected chi connectivity index (χ2v) is 6.20. The van der Waals surface area contributed by atoms with Crippen LogP contribution in [0.3, 0.4) is 0 Å². The minimum atomic E-state index is 0.449. The first kappa shape index (κ1) is 18.9. The Labute approximate surface area is 149 Å². The van der Waals surface area contributed by atoms with E-state index in [1.165, 1.54) is 6.42 Å². The highest BCUT2D eigenvalue weighted by Crippen LogP contribution is 2.13. The molecule has 0 aromatic carbocycles. The van der Waals surface area contributed by atoms with E-state index in [4.69, 9.17) is 4.52 Å². The molecule has 2 rings (SSSR count). The highest BCUT2D eigenvalue weighted by atomic mass is 16.5. The molecule has 2 N–H and O–H groups in total. The number of pyridine rings is 1. The van der Waals surface area contributed by atoms with Crippen LogP contribution >= 0.6 is 0 Å². The molecule has 0 fully saturated rings. The summed E-state index contributed by atoms with van der Waals surface area (Å²) in [5, 5.41) is 10.6. The van der Waals surface area contributed by atoms with Gasteiger partial charge in [0.25, 0.3) is 5.89 Å². The topological polar surface area (TPSA) is 88.2 Å². The van der Waals surface area contributed by atoms with E-state index in [0.29, 0.717) is 30.4 Å². The predicted molar refractivity (Wildman–Crippen MR) is 99.3 cm³/mol. The van der Waals surface area contributed by atoms with E-state index < -0.39 is 0 Å². The van der Waals surface area contributed by atoms with Gasteiger partial charge < -0.3 is 15.2 Å². The number of nitrogens with zero attached hydrogens (tertiary/aromatic N) is 4. The van der Waals surface area contributed by atoms with Crippen LogP contribution in [-0.2, 0) is 6.42 Å². The van der Waals surface area contributed by atoms with Gasteiger partial charge in [-0.15, -0.1) is 0 Å². The molecular formula is C18H28N6O. The molecule has 2 aromatic heterocycles. The Morgan fingerprint density at radius 3 is 2.88 bits per heavy atom. The van der Waals surface area contributed by atoms with Gasteiger partial charge in [-0.05, 0) is 37.8 Å². The lowest BCUT2D eigenvalue weighted by Crippen LogP contribution is -2.38. The van der Waals surface area contributed by atoms with Crippen molar-refractivity contribution in [1.82, 2.24) is 25.8 Å². The molecule has 0 atom stereocenters. The average Bonchev–Trinajstić information content (AvgIpc) is 3.08. The van der Waals surface area contributed by atoms with Gasteiger partial charge in [-0.1, -0.05) is 25.1 Å². The standard InChI is InChI=1S/C18H28N6O/c1-4-19-18(21-12-7-8-14(2)3)22-13-10-16-23-17(25-24-16)15-9-5-6-11-20-15/h5-6,9,11,14H,4,7-8,10,12-13H2,1-3H3,(H2,19,21,22). The van der Waals surface area contributed by atoms with Gasteiger partial charge in [-0.3, -0.25) is 9.98 Å². The van der Waals surface area contributed by atoms with Gasteiger partial charge in [0.2, 0.25) is 0 Å². The van der Waals surface area contributed by atoms with E-state index in [0.717, 1.165) is 31.4 Å². The normalized spacial score (nSPS) is 11.8. The van der Waals surface area contributed by atoms with Crippen molar-refractivity contribution in [2.75, 3.05) is 19.6 Å². The summed E-state index contributed by atoms with van der Waals surface area (Å²) >= 11 is 0. The molecule has 0 aliphatic rings. The van der Waals surface area contributed by atoms with Crippen LogP contribution in [0.4, 0.5) is 0 Å². The second kappa shape index (κ2) is 10.4. The van der Waals surface area contributed by atoms with Crippen LogP contribution in [0.2, 0.25) is 0 Å². The first-order valence-corrected chi connectivity index (χ1v) is 8.95. The molecule has 0 aliphatic heterocycles. The van der Waals surface area contributed by atoms with E-state index in [1.54, 1.807) is 6.20 Å². The zero-order valence-electron chi connectivity index (χ0n) is 15.3. The van der Waals surface area contributed by atoms with Crippen molar-refractivity contribution in [2.24, 2.45) is 10.9 Å². The quantitative estimate of drug-likeness (QED) is 0.413. The van der Waals surface area contributed by atoms with E-state index in [1.807, 2.05) is 18.2 Å². The summed E-state index contributed by atoms with van der Waals surface area (Å²) in [6.07, 6.45) is 4.67. The maximum Gasteiger partial charge on any atom is 0.276 e. The fraction of sp³-hybridized carbons (Fsp3) is 0.556. The zero-order chi connectivity index (χ0) is 17.9. The maximum atomic E-state index is 5.26. The Kier molecular flexibility index (Phi) is 7.88. The highest BCUT2D eigenvalue weighted by molar-refractivity contribution is 5.79. The molecule has 7 nitrogen and oxygen atoms in total. The molecule has 0 radical (unpaired) electrons. The Hall–Kier alpha value is -2.44. The van der Waals surface area contributed by atoms with Gasteiger partial charge in [-0.25, -0.2) is 0 Å². The molecule has 0 saturated carbocycles. The number of aromatic nitrogens is 3. The summed E-state index contributed by atoms with van der Waals surface area (Å²) in [5.41, 5.74) is 0.689. The summed E-state index contributed by atoms with van der Waals surface area (Å²) in [6, 6.07) is 5.60. The first-order valence-electron chi connectivity index (χ1n) is 8.95. The van der Waals surface area contributed by atoms with Crippen LogP contribution in [0.15, 0.2) is 33.9 Å². The minimum Gasteiger partial charge on any atom is -0.357 e. The van der Waals surface area contributed by atoms with E-state index in [-0.39, 0.29) is 0 Å². The van der Waals surface area contributed by atoms with Crippen LogP contribution < -0.4 is 10.6 Å². The van der Waals surface area contributed by atoms with Gasteiger partial charge in [-0.2, -0.15) is 4.98 Å². The Morgan fingerprint density at radius 2 is 2.16 bits per heavy atom. The minimum absolute atomic E-state index is 0.449. The molecule has 0 saturated heterocycles. The fourth-order valence-corrected chi connectivity index (χ4v) is 2.27. The van der Waals surface area contributed by atoms with Crippen molar-refractivity contribution >= 4 is 5.96 Å². The SMILES string of the molecule is CCNC(=NCCCC(C)C)NCCc1noc(-c2ccccn2)n1. The van der Waals surface area contributed by atoms with Crippen molar-refractivity contribution in [1.29, 1.82) is 0 Å². The first-order chi connectivity index (χ1) is 12.2. The number of nitrogens with one attached hydrogen (secondary N) is 2. The number of hydrogen-bond acceptors (Lipinski definition) is 5. The molecule has 136 valence electrons. The van der Waals surface area contributed by atoms with Crippen molar-refractivity contribution in [3.63, 3.8) is 0 Å². The molecule has 0 amide bonds. The van der Waals surface area contributed by atoms with E-state index >= 15 is 0 Å². The van der Waals surface area contributed by atoms with Crippen LogP contribution in [0.5, 0.6) is 0 Å². The maximum absolute atomic E-state index is 5.26. The van der Waals surface area contributed by atoms with Gasteiger partial charge in [0, 0.05) is 32.3 Å². The summed E-state index contributed by atoms with van der Waals surface area (Å²) in [6.45, 7) is 8.89. The smallest absolute Gasteiger partial charge is 0.276 e. The predicted octanol–water partition coefficient (Wildman–Crippen LogP) is 2.67. The van der Waals surface area contributed by atoms with E-state index in [2.05, 4.69) is 51.5 Å². The molecule has 0 spiro atoms. The molecule has 0 unspecified atom stereocenters. The number of hydrogen-bond donors (Lipinski definition) is 2. The third-order valence-corrected chi connectivity index (χ3v) is 3.55.